The molecule has 1 atom stereocenters. The van der Waals surface area contributed by atoms with E-state index >= 15 is 0 Å². The summed E-state index contributed by atoms with van der Waals surface area (Å²) >= 11 is 5.10. The fourth-order valence-electron chi connectivity index (χ4n) is 3.07. The smallest absolute Gasteiger partial charge is 0.226 e. The van der Waals surface area contributed by atoms with Gasteiger partial charge < -0.3 is 5.32 Å². The van der Waals surface area contributed by atoms with Gasteiger partial charge in [-0.2, -0.15) is 0 Å². The van der Waals surface area contributed by atoms with Gasteiger partial charge in [-0.25, -0.2) is 4.98 Å². The van der Waals surface area contributed by atoms with Crippen LogP contribution in [-0.2, 0) is 11.2 Å². The van der Waals surface area contributed by atoms with Crippen LogP contribution in [0.5, 0.6) is 0 Å². The normalized spacial score (nSPS) is 12.2. The summed E-state index contributed by atoms with van der Waals surface area (Å²) in [6.45, 7) is 1.99. The minimum atomic E-state index is -0.0649. The number of amides is 1. The number of hydrogen-bond acceptors (Lipinski definition) is 3. The standard InChI is InChI=1S/C21H18BrN3OS/c1-14(17-9-5-6-10-18(17)22)23-20(26)11-16-13-27-21-24-19(12-25(16)21)15-7-3-2-4-8-15/h2-10,12-14H,11H2,1H3,(H,23,26). The summed E-state index contributed by atoms with van der Waals surface area (Å²) in [4.78, 5) is 18.1. The van der Waals surface area contributed by atoms with Crippen molar-refractivity contribution in [2.75, 3.05) is 0 Å². The largest absolute Gasteiger partial charge is 0.349 e. The number of hydrogen-bond donors (Lipinski definition) is 1. The molecule has 6 heteroatoms. The molecule has 4 rings (SSSR count). The Morgan fingerprint density at radius 1 is 1.19 bits per heavy atom. The molecule has 4 nitrogen and oxygen atoms in total. The number of nitrogens with zero attached hydrogens (tertiary/aromatic N) is 2. The van der Waals surface area contributed by atoms with Gasteiger partial charge in [0.05, 0.1) is 18.2 Å². The maximum Gasteiger partial charge on any atom is 0.226 e. The molecule has 136 valence electrons. The number of carbonyl (C=O) groups excluding carboxylic acids is 1. The zero-order valence-electron chi connectivity index (χ0n) is 14.7. The highest BCUT2D eigenvalue weighted by molar-refractivity contribution is 9.10. The van der Waals surface area contributed by atoms with Crippen LogP contribution < -0.4 is 5.32 Å². The lowest BCUT2D eigenvalue weighted by Gasteiger charge is -2.15. The number of nitrogens with one attached hydrogen (secondary N) is 1. The van der Waals surface area contributed by atoms with Crippen LogP contribution in [-0.4, -0.2) is 15.3 Å². The highest BCUT2D eigenvalue weighted by Crippen LogP contribution is 2.25. The molecule has 2 heterocycles. The van der Waals surface area contributed by atoms with Gasteiger partial charge in [0.1, 0.15) is 0 Å². The van der Waals surface area contributed by atoms with E-state index in [1.54, 1.807) is 11.3 Å². The average Bonchev–Trinajstić information content (AvgIpc) is 3.25. The van der Waals surface area contributed by atoms with Gasteiger partial charge in [-0.3, -0.25) is 9.20 Å². The van der Waals surface area contributed by atoms with Crippen molar-refractivity contribution in [2.24, 2.45) is 0 Å². The van der Waals surface area contributed by atoms with Crippen molar-refractivity contribution in [3.8, 4) is 11.3 Å². The average molecular weight is 440 g/mol. The maximum atomic E-state index is 12.6. The van der Waals surface area contributed by atoms with Crippen LogP contribution in [0, 0.1) is 0 Å². The van der Waals surface area contributed by atoms with Crippen molar-refractivity contribution in [2.45, 2.75) is 19.4 Å². The quantitative estimate of drug-likeness (QED) is 0.461. The molecule has 0 fully saturated rings. The Morgan fingerprint density at radius 2 is 1.93 bits per heavy atom. The number of imidazole rings is 1. The second-order valence-corrected chi connectivity index (χ2v) is 8.05. The Morgan fingerprint density at radius 3 is 2.70 bits per heavy atom. The molecule has 0 aliphatic rings. The first kappa shape index (κ1) is 17.9. The number of halogens is 1. The maximum absolute atomic E-state index is 12.6. The topological polar surface area (TPSA) is 46.4 Å². The molecule has 0 aliphatic carbocycles. The van der Waals surface area contributed by atoms with Crippen molar-refractivity contribution >= 4 is 38.1 Å². The molecule has 1 N–H and O–H groups in total. The summed E-state index contributed by atoms with van der Waals surface area (Å²) in [5.41, 5.74) is 4.01. The Balaban J connectivity index is 1.51. The highest BCUT2D eigenvalue weighted by Gasteiger charge is 2.15. The van der Waals surface area contributed by atoms with Gasteiger partial charge in [-0.15, -0.1) is 11.3 Å². The van der Waals surface area contributed by atoms with Crippen molar-refractivity contribution in [3.05, 3.63) is 81.9 Å². The number of rotatable bonds is 5. The Labute approximate surface area is 170 Å². The van der Waals surface area contributed by atoms with Gasteiger partial charge in [0, 0.05) is 27.3 Å². The zero-order valence-corrected chi connectivity index (χ0v) is 17.1. The van der Waals surface area contributed by atoms with Gasteiger partial charge in [0.2, 0.25) is 5.91 Å². The number of carbonyl (C=O) groups is 1. The number of aromatic nitrogens is 2. The van der Waals surface area contributed by atoms with E-state index in [0.717, 1.165) is 31.9 Å². The van der Waals surface area contributed by atoms with E-state index < -0.39 is 0 Å². The lowest BCUT2D eigenvalue weighted by atomic mass is 10.1. The van der Waals surface area contributed by atoms with Gasteiger partial charge >= 0.3 is 0 Å². The molecule has 2 aromatic carbocycles. The Bertz CT molecular complexity index is 1090. The first-order valence-electron chi connectivity index (χ1n) is 8.66. The Kier molecular flexibility index (Phi) is 5.09. The monoisotopic (exact) mass is 439 g/mol. The van der Waals surface area contributed by atoms with Crippen LogP contribution in [0.2, 0.25) is 0 Å². The lowest BCUT2D eigenvalue weighted by molar-refractivity contribution is -0.121. The van der Waals surface area contributed by atoms with E-state index in [4.69, 9.17) is 0 Å². The van der Waals surface area contributed by atoms with Crippen LogP contribution >= 0.6 is 27.3 Å². The number of fused-ring (bicyclic) bond motifs is 1. The van der Waals surface area contributed by atoms with E-state index in [9.17, 15) is 4.79 Å². The molecule has 0 bridgehead atoms. The summed E-state index contributed by atoms with van der Waals surface area (Å²) in [6.07, 6.45) is 2.32. The van der Waals surface area contributed by atoms with Crippen molar-refractivity contribution in [1.82, 2.24) is 14.7 Å². The van der Waals surface area contributed by atoms with Crippen molar-refractivity contribution in [1.29, 1.82) is 0 Å². The molecule has 0 radical (unpaired) electrons. The molecule has 27 heavy (non-hydrogen) atoms. The van der Waals surface area contributed by atoms with Gasteiger partial charge in [-0.1, -0.05) is 64.5 Å². The van der Waals surface area contributed by atoms with Gasteiger partial charge in [0.15, 0.2) is 4.96 Å². The molecule has 1 amide bonds. The van der Waals surface area contributed by atoms with Crippen LogP contribution in [0.4, 0.5) is 0 Å². The van der Waals surface area contributed by atoms with Gasteiger partial charge in [-0.05, 0) is 18.6 Å². The van der Waals surface area contributed by atoms with E-state index in [2.05, 4.69) is 26.2 Å². The lowest BCUT2D eigenvalue weighted by Crippen LogP contribution is -2.28. The van der Waals surface area contributed by atoms with E-state index in [1.165, 1.54) is 0 Å². The van der Waals surface area contributed by atoms with E-state index in [1.807, 2.05) is 77.5 Å². The summed E-state index contributed by atoms with van der Waals surface area (Å²) in [5, 5.41) is 5.08. The fraction of sp³-hybridized carbons (Fsp3) is 0.143. The molecule has 0 aliphatic heterocycles. The van der Waals surface area contributed by atoms with Crippen LogP contribution in [0.3, 0.4) is 0 Å². The van der Waals surface area contributed by atoms with E-state index in [0.29, 0.717) is 6.42 Å². The third-order valence-electron chi connectivity index (χ3n) is 4.44. The minimum Gasteiger partial charge on any atom is -0.349 e. The molecule has 4 aromatic rings. The Hall–Kier alpha value is -2.44. The SMILES string of the molecule is CC(NC(=O)Cc1csc2nc(-c3ccccc3)cn12)c1ccccc1Br. The molecular weight excluding hydrogens is 422 g/mol. The molecule has 1 unspecified atom stereocenters. The predicted molar refractivity (Wildman–Crippen MR) is 113 cm³/mol. The molecule has 2 aromatic heterocycles. The van der Waals surface area contributed by atoms with Crippen LogP contribution in [0.1, 0.15) is 24.2 Å². The number of benzene rings is 2. The van der Waals surface area contributed by atoms with Gasteiger partial charge in [0.25, 0.3) is 0 Å². The first-order valence-corrected chi connectivity index (χ1v) is 10.3. The van der Waals surface area contributed by atoms with Crippen molar-refractivity contribution in [3.63, 3.8) is 0 Å². The fourth-order valence-corrected chi connectivity index (χ4v) is 4.57. The zero-order chi connectivity index (χ0) is 18.8. The minimum absolute atomic E-state index is 0.00656. The predicted octanol–water partition coefficient (Wildman–Crippen LogP) is 5.25. The summed E-state index contributed by atoms with van der Waals surface area (Å²) in [7, 11) is 0. The van der Waals surface area contributed by atoms with Crippen LogP contribution in [0.25, 0.3) is 16.2 Å². The summed E-state index contributed by atoms with van der Waals surface area (Å²) in [5.74, 6) is -0.00656. The first-order chi connectivity index (χ1) is 13.1. The highest BCUT2D eigenvalue weighted by atomic mass is 79.9. The van der Waals surface area contributed by atoms with E-state index in [-0.39, 0.29) is 11.9 Å². The molecule has 0 spiro atoms. The molecule has 0 saturated heterocycles. The second-order valence-electron chi connectivity index (χ2n) is 6.36. The van der Waals surface area contributed by atoms with Crippen molar-refractivity contribution < 1.29 is 4.79 Å². The summed E-state index contributed by atoms with van der Waals surface area (Å²) < 4.78 is 3.01. The van der Waals surface area contributed by atoms with Crippen LogP contribution in [0.15, 0.2) is 70.6 Å². The second kappa shape index (κ2) is 7.66. The summed E-state index contributed by atoms with van der Waals surface area (Å²) in [6, 6.07) is 17.9. The molecular formula is C21H18BrN3OS. The third kappa shape index (κ3) is 3.82. The number of thiazole rings is 1. The molecule has 0 saturated carbocycles. The third-order valence-corrected chi connectivity index (χ3v) is 6.05.